The summed E-state index contributed by atoms with van der Waals surface area (Å²) in [5, 5.41) is 6.85. The Balaban J connectivity index is 1.84. The molecule has 0 fully saturated rings. The number of nitrogens with zero attached hydrogens (tertiary/aromatic N) is 1. The lowest BCUT2D eigenvalue weighted by atomic mass is 9.87. The summed E-state index contributed by atoms with van der Waals surface area (Å²) < 4.78 is 10.6. The van der Waals surface area contributed by atoms with Crippen molar-refractivity contribution in [2.24, 2.45) is 0 Å². The molecule has 1 aliphatic rings. The van der Waals surface area contributed by atoms with E-state index in [0.29, 0.717) is 17.9 Å². The molecule has 1 amide bonds. The quantitative estimate of drug-likeness (QED) is 0.942. The molecular weight excluding hydrogens is 280 g/mol. The van der Waals surface area contributed by atoms with Crippen LogP contribution in [0, 0.1) is 6.92 Å². The molecule has 0 saturated carbocycles. The molecule has 0 aliphatic heterocycles. The second-order valence-electron chi connectivity index (χ2n) is 5.49. The largest absolute Gasteiger partial charge is 0.494 e. The highest BCUT2D eigenvalue weighted by Crippen LogP contribution is 2.35. The van der Waals surface area contributed by atoms with Crippen molar-refractivity contribution in [1.82, 2.24) is 10.5 Å². The van der Waals surface area contributed by atoms with Gasteiger partial charge in [0.2, 0.25) is 0 Å². The molecule has 1 aromatic heterocycles. The molecule has 1 heterocycles. The lowest BCUT2D eigenvalue weighted by Gasteiger charge is -2.27. The molecule has 1 aromatic carbocycles. The molecule has 1 N–H and O–H groups in total. The number of carbonyl (C=O) groups is 1. The van der Waals surface area contributed by atoms with E-state index in [0.717, 1.165) is 30.6 Å². The minimum Gasteiger partial charge on any atom is -0.494 e. The molecule has 0 radical (unpaired) electrons. The smallest absolute Gasteiger partial charge is 0.256 e. The minimum absolute atomic E-state index is 0.00551. The molecule has 0 spiro atoms. The third-order valence-electron chi connectivity index (χ3n) is 4.06. The Kier molecular flexibility index (Phi) is 4.13. The van der Waals surface area contributed by atoms with Crippen LogP contribution in [0.1, 0.15) is 53.0 Å². The SMILES string of the molecule is CCOc1cccc2c1CCCC2NC(=O)c1conc1C. The Morgan fingerprint density at radius 3 is 3.09 bits per heavy atom. The second kappa shape index (κ2) is 6.22. The molecule has 5 heteroatoms. The van der Waals surface area contributed by atoms with Gasteiger partial charge >= 0.3 is 0 Å². The fraction of sp³-hybridized carbons (Fsp3) is 0.412. The monoisotopic (exact) mass is 300 g/mol. The highest BCUT2D eigenvalue weighted by atomic mass is 16.5. The molecule has 1 atom stereocenters. The summed E-state index contributed by atoms with van der Waals surface area (Å²) in [6.07, 6.45) is 4.35. The maximum Gasteiger partial charge on any atom is 0.256 e. The van der Waals surface area contributed by atoms with Gasteiger partial charge in [-0.3, -0.25) is 4.79 Å². The molecule has 1 unspecified atom stereocenters. The Morgan fingerprint density at radius 2 is 2.36 bits per heavy atom. The molecule has 0 saturated heterocycles. The zero-order valence-corrected chi connectivity index (χ0v) is 12.9. The van der Waals surface area contributed by atoms with Gasteiger partial charge in [-0.15, -0.1) is 0 Å². The highest BCUT2D eigenvalue weighted by molar-refractivity contribution is 5.95. The van der Waals surface area contributed by atoms with Crippen LogP contribution in [0.4, 0.5) is 0 Å². The van der Waals surface area contributed by atoms with E-state index in [4.69, 9.17) is 9.26 Å². The number of carbonyl (C=O) groups excluding carboxylic acids is 1. The van der Waals surface area contributed by atoms with E-state index in [1.807, 2.05) is 19.1 Å². The van der Waals surface area contributed by atoms with Crippen molar-refractivity contribution in [3.63, 3.8) is 0 Å². The van der Waals surface area contributed by atoms with E-state index >= 15 is 0 Å². The van der Waals surface area contributed by atoms with Crippen LogP contribution >= 0.6 is 0 Å². The highest BCUT2D eigenvalue weighted by Gasteiger charge is 2.25. The molecule has 3 rings (SSSR count). The fourth-order valence-corrected chi connectivity index (χ4v) is 3.00. The number of hydrogen-bond donors (Lipinski definition) is 1. The van der Waals surface area contributed by atoms with Crippen molar-refractivity contribution in [3.05, 3.63) is 46.8 Å². The number of aromatic nitrogens is 1. The van der Waals surface area contributed by atoms with E-state index in [2.05, 4.69) is 16.5 Å². The zero-order valence-electron chi connectivity index (χ0n) is 12.9. The van der Waals surface area contributed by atoms with Crippen molar-refractivity contribution < 1.29 is 14.1 Å². The Bertz CT molecular complexity index is 678. The second-order valence-corrected chi connectivity index (χ2v) is 5.49. The Hall–Kier alpha value is -2.30. The van der Waals surface area contributed by atoms with Crippen molar-refractivity contribution in [2.45, 2.75) is 39.2 Å². The molecule has 22 heavy (non-hydrogen) atoms. The average Bonchev–Trinajstić information content (AvgIpc) is 2.95. The molecule has 2 aromatic rings. The lowest BCUT2D eigenvalue weighted by molar-refractivity contribution is 0.0931. The Labute approximate surface area is 129 Å². The van der Waals surface area contributed by atoms with Crippen LogP contribution in [-0.4, -0.2) is 17.7 Å². The lowest BCUT2D eigenvalue weighted by Crippen LogP contribution is -2.31. The summed E-state index contributed by atoms with van der Waals surface area (Å²) in [4.78, 5) is 12.4. The maximum atomic E-state index is 12.4. The van der Waals surface area contributed by atoms with Crippen LogP contribution in [0.15, 0.2) is 29.0 Å². The van der Waals surface area contributed by atoms with E-state index < -0.39 is 0 Å². The number of rotatable bonds is 4. The van der Waals surface area contributed by atoms with Gasteiger partial charge in [-0.2, -0.15) is 0 Å². The van der Waals surface area contributed by atoms with Crippen molar-refractivity contribution >= 4 is 5.91 Å². The van der Waals surface area contributed by atoms with E-state index in [9.17, 15) is 4.79 Å². The van der Waals surface area contributed by atoms with Gasteiger partial charge < -0.3 is 14.6 Å². The van der Waals surface area contributed by atoms with Gasteiger partial charge in [0, 0.05) is 0 Å². The van der Waals surface area contributed by atoms with Crippen LogP contribution < -0.4 is 10.1 Å². The number of ether oxygens (including phenoxy) is 1. The first-order valence-electron chi connectivity index (χ1n) is 7.67. The molecule has 116 valence electrons. The summed E-state index contributed by atoms with van der Waals surface area (Å²) in [5.74, 6) is 0.790. The summed E-state index contributed by atoms with van der Waals surface area (Å²) in [6, 6.07) is 6.06. The summed E-state index contributed by atoms with van der Waals surface area (Å²) in [6.45, 7) is 4.39. The predicted molar refractivity (Wildman–Crippen MR) is 82.0 cm³/mol. The molecule has 5 nitrogen and oxygen atoms in total. The average molecular weight is 300 g/mol. The molecule has 0 bridgehead atoms. The first kappa shape index (κ1) is 14.6. The Morgan fingerprint density at radius 1 is 1.50 bits per heavy atom. The van der Waals surface area contributed by atoms with Crippen LogP contribution in [0.2, 0.25) is 0 Å². The van der Waals surface area contributed by atoms with Gasteiger partial charge in [-0.25, -0.2) is 0 Å². The predicted octanol–water partition coefficient (Wildman–Crippen LogP) is 3.19. The van der Waals surface area contributed by atoms with Crippen molar-refractivity contribution in [3.8, 4) is 5.75 Å². The van der Waals surface area contributed by atoms with Crippen LogP contribution in [0.25, 0.3) is 0 Å². The molecule has 1 aliphatic carbocycles. The van der Waals surface area contributed by atoms with Gasteiger partial charge in [0.1, 0.15) is 17.6 Å². The van der Waals surface area contributed by atoms with Crippen LogP contribution in [0.3, 0.4) is 0 Å². The number of amides is 1. The third kappa shape index (κ3) is 2.71. The third-order valence-corrected chi connectivity index (χ3v) is 4.06. The number of nitrogens with one attached hydrogen (secondary N) is 1. The van der Waals surface area contributed by atoms with E-state index in [-0.39, 0.29) is 11.9 Å². The van der Waals surface area contributed by atoms with Gasteiger partial charge in [-0.05, 0) is 50.3 Å². The summed E-state index contributed by atoms with van der Waals surface area (Å²) in [7, 11) is 0. The van der Waals surface area contributed by atoms with Crippen LogP contribution in [-0.2, 0) is 6.42 Å². The number of hydrogen-bond acceptors (Lipinski definition) is 4. The van der Waals surface area contributed by atoms with Gasteiger partial charge in [0.25, 0.3) is 5.91 Å². The standard InChI is InChI=1S/C17H20N2O3/c1-3-21-16-9-5-6-12-13(16)7-4-8-15(12)18-17(20)14-10-22-19-11(14)2/h5-6,9-10,15H,3-4,7-8H2,1-2H3,(H,18,20). The normalized spacial score (nSPS) is 16.9. The summed E-state index contributed by atoms with van der Waals surface area (Å²) >= 11 is 0. The van der Waals surface area contributed by atoms with Gasteiger partial charge in [0.05, 0.1) is 18.3 Å². The minimum atomic E-state index is -0.140. The van der Waals surface area contributed by atoms with E-state index in [1.165, 1.54) is 11.8 Å². The first-order chi connectivity index (χ1) is 10.7. The number of aryl methyl sites for hydroxylation is 1. The van der Waals surface area contributed by atoms with Crippen LogP contribution in [0.5, 0.6) is 5.75 Å². The van der Waals surface area contributed by atoms with Crippen molar-refractivity contribution in [2.75, 3.05) is 6.61 Å². The van der Waals surface area contributed by atoms with E-state index in [1.54, 1.807) is 6.92 Å². The van der Waals surface area contributed by atoms with Gasteiger partial charge in [-0.1, -0.05) is 17.3 Å². The maximum absolute atomic E-state index is 12.4. The molecular formula is C17H20N2O3. The summed E-state index contributed by atoms with van der Waals surface area (Å²) in [5.41, 5.74) is 3.47. The number of fused-ring (bicyclic) bond motifs is 1. The first-order valence-corrected chi connectivity index (χ1v) is 7.67. The topological polar surface area (TPSA) is 64.4 Å². The fourth-order valence-electron chi connectivity index (χ4n) is 3.00. The van der Waals surface area contributed by atoms with Crippen molar-refractivity contribution in [1.29, 1.82) is 0 Å². The zero-order chi connectivity index (χ0) is 15.5. The van der Waals surface area contributed by atoms with Gasteiger partial charge in [0.15, 0.2) is 0 Å². The number of benzene rings is 1.